The van der Waals surface area contributed by atoms with Crippen LogP contribution in [0.15, 0.2) is 36.5 Å². The first-order valence-electron chi connectivity index (χ1n) is 10.7. The fourth-order valence-corrected chi connectivity index (χ4v) is 3.87. The monoisotopic (exact) mass is 413 g/mol. The van der Waals surface area contributed by atoms with E-state index in [2.05, 4.69) is 37.9 Å². The molecule has 0 aliphatic carbocycles. The van der Waals surface area contributed by atoms with E-state index in [0.29, 0.717) is 38.7 Å². The summed E-state index contributed by atoms with van der Waals surface area (Å²) in [6, 6.07) is 9.75. The van der Waals surface area contributed by atoms with Crippen molar-refractivity contribution in [2.24, 2.45) is 0 Å². The SMILES string of the molecule is Oc1cccnc1CN1CCN2CCOCCOCCN(Cc3cccc(n3)C2)C1. The van der Waals surface area contributed by atoms with Crippen LogP contribution >= 0.6 is 0 Å². The van der Waals surface area contributed by atoms with Crippen molar-refractivity contribution < 1.29 is 14.6 Å². The van der Waals surface area contributed by atoms with Crippen molar-refractivity contribution in [3.05, 3.63) is 53.6 Å². The Kier molecular flexibility index (Phi) is 7.60. The lowest BCUT2D eigenvalue weighted by molar-refractivity contribution is 0.0133. The number of hydrogen-bond donors (Lipinski definition) is 1. The van der Waals surface area contributed by atoms with Gasteiger partial charge >= 0.3 is 0 Å². The number of aromatic nitrogens is 2. The molecule has 0 amide bonds. The molecule has 0 radical (unpaired) electrons. The summed E-state index contributed by atoms with van der Waals surface area (Å²) in [6.07, 6.45) is 1.73. The molecule has 4 bridgehead atoms. The zero-order valence-electron chi connectivity index (χ0n) is 17.4. The predicted octanol–water partition coefficient (Wildman–Crippen LogP) is 1.31. The summed E-state index contributed by atoms with van der Waals surface area (Å²) in [5, 5.41) is 10.2. The molecule has 2 aromatic heterocycles. The fraction of sp³-hybridized carbons (Fsp3) is 0.545. The molecule has 2 aromatic rings. The lowest BCUT2D eigenvalue weighted by Crippen LogP contribution is -2.43. The minimum absolute atomic E-state index is 0.245. The summed E-state index contributed by atoms with van der Waals surface area (Å²) in [5.74, 6) is 0.245. The van der Waals surface area contributed by atoms with E-state index in [1.54, 1.807) is 18.3 Å². The van der Waals surface area contributed by atoms with Crippen molar-refractivity contribution in [2.75, 3.05) is 59.3 Å². The lowest BCUT2D eigenvalue weighted by atomic mass is 10.2. The topological polar surface area (TPSA) is 74.2 Å². The summed E-state index contributed by atoms with van der Waals surface area (Å²) >= 11 is 0. The Bertz CT molecular complexity index is 806. The molecule has 1 saturated heterocycles. The Balaban J connectivity index is 1.59. The van der Waals surface area contributed by atoms with Gasteiger partial charge in [0.25, 0.3) is 0 Å². The van der Waals surface area contributed by atoms with Crippen molar-refractivity contribution in [1.29, 1.82) is 0 Å². The van der Waals surface area contributed by atoms with Crippen LogP contribution in [-0.4, -0.2) is 89.0 Å². The molecular weight excluding hydrogens is 382 g/mol. The first kappa shape index (κ1) is 21.1. The molecule has 0 aromatic carbocycles. The number of aromatic hydroxyl groups is 1. The minimum Gasteiger partial charge on any atom is -0.506 e. The first-order chi connectivity index (χ1) is 14.8. The van der Waals surface area contributed by atoms with Gasteiger partial charge in [0, 0.05) is 52.0 Å². The Morgan fingerprint density at radius 3 is 2.33 bits per heavy atom. The molecule has 162 valence electrons. The normalized spacial score (nSPS) is 24.4. The van der Waals surface area contributed by atoms with Crippen LogP contribution in [0.4, 0.5) is 0 Å². The summed E-state index contributed by atoms with van der Waals surface area (Å²) in [4.78, 5) is 16.4. The fourth-order valence-electron chi connectivity index (χ4n) is 3.87. The molecule has 1 fully saturated rings. The smallest absolute Gasteiger partial charge is 0.138 e. The van der Waals surface area contributed by atoms with Crippen molar-refractivity contribution >= 4 is 0 Å². The van der Waals surface area contributed by atoms with Crippen LogP contribution in [0.5, 0.6) is 5.75 Å². The van der Waals surface area contributed by atoms with E-state index in [9.17, 15) is 5.11 Å². The van der Waals surface area contributed by atoms with Crippen LogP contribution in [0.3, 0.4) is 0 Å². The number of pyridine rings is 2. The van der Waals surface area contributed by atoms with E-state index in [1.807, 2.05) is 0 Å². The number of rotatable bonds is 2. The van der Waals surface area contributed by atoms with Crippen LogP contribution in [0.25, 0.3) is 0 Å². The average molecular weight is 414 g/mol. The first-order valence-corrected chi connectivity index (χ1v) is 10.7. The van der Waals surface area contributed by atoms with Gasteiger partial charge in [-0.2, -0.15) is 0 Å². The number of nitrogens with zero attached hydrogens (tertiary/aromatic N) is 5. The van der Waals surface area contributed by atoms with Gasteiger partial charge < -0.3 is 14.6 Å². The third-order valence-corrected chi connectivity index (χ3v) is 5.48. The summed E-state index contributed by atoms with van der Waals surface area (Å²) < 4.78 is 11.6. The van der Waals surface area contributed by atoms with E-state index in [-0.39, 0.29) is 5.75 Å². The highest BCUT2D eigenvalue weighted by atomic mass is 16.5. The van der Waals surface area contributed by atoms with Crippen molar-refractivity contribution in [3.8, 4) is 5.75 Å². The Hall–Kier alpha value is -2.10. The van der Waals surface area contributed by atoms with Crippen LogP contribution in [-0.2, 0) is 29.1 Å². The Labute approximate surface area is 178 Å². The van der Waals surface area contributed by atoms with Crippen LogP contribution in [0.1, 0.15) is 17.1 Å². The second-order valence-electron chi connectivity index (χ2n) is 7.84. The van der Waals surface area contributed by atoms with Crippen molar-refractivity contribution in [3.63, 3.8) is 0 Å². The Morgan fingerprint density at radius 2 is 1.57 bits per heavy atom. The van der Waals surface area contributed by atoms with Gasteiger partial charge in [-0.3, -0.25) is 24.7 Å². The predicted molar refractivity (Wildman–Crippen MR) is 113 cm³/mol. The molecular formula is C22H31N5O3. The maximum atomic E-state index is 10.2. The van der Waals surface area contributed by atoms with E-state index >= 15 is 0 Å². The highest BCUT2D eigenvalue weighted by Crippen LogP contribution is 2.17. The third kappa shape index (κ3) is 6.20. The van der Waals surface area contributed by atoms with Crippen LogP contribution < -0.4 is 0 Å². The van der Waals surface area contributed by atoms with Gasteiger partial charge in [0.15, 0.2) is 0 Å². The van der Waals surface area contributed by atoms with Gasteiger partial charge in [-0.05, 0) is 24.3 Å². The van der Waals surface area contributed by atoms with Gasteiger partial charge in [0.05, 0.1) is 50.2 Å². The molecule has 1 N–H and O–H groups in total. The molecule has 4 rings (SSSR count). The quantitative estimate of drug-likeness (QED) is 0.790. The highest BCUT2D eigenvalue weighted by molar-refractivity contribution is 5.24. The number of hydrogen-bond acceptors (Lipinski definition) is 8. The second kappa shape index (κ2) is 10.8. The summed E-state index contributed by atoms with van der Waals surface area (Å²) in [6.45, 7) is 8.91. The molecule has 0 saturated carbocycles. The molecule has 2 aliphatic heterocycles. The molecule has 4 heterocycles. The van der Waals surface area contributed by atoms with E-state index in [1.165, 1.54) is 0 Å². The van der Waals surface area contributed by atoms with Gasteiger partial charge in [0.2, 0.25) is 0 Å². The van der Waals surface area contributed by atoms with Crippen LogP contribution in [0.2, 0.25) is 0 Å². The van der Waals surface area contributed by atoms with E-state index in [0.717, 1.165) is 57.3 Å². The van der Waals surface area contributed by atoms with Crippen molar-refractivity contribution in [1.82, 2.24) is 24.7 Å². The average Bonchev–Trinajstić information content (AvgIpc) is 2.76. The van der Waals surface area contributed by atoms with Gasteiger partial charge in [-0.15, -0.1) is 0 Å². The summed E-state index contributed by atoms with van der Waals surface area (Å²) in [7, 11) is 0. The molecule has 2 atom stereocenters. The zero-order valence-corrected chi connectivity index (χ0v) is 17.4. The maximum absolute atomic E-state index is 10.2. The van der Waals surface area contributed by atoms with Gasteiger partial charge in [0.1, 0.15) is 5.75 Å². The van der Waals surface area contributed by atoms with Crippen molar-refractivity contribution in [2.45, 2.75) is 19.6 Å². The van der Waals surface area contributed by atoms with Crippen LogP contribution in [0, 0.1) is 0 Å². The molecule has 0 spiro atoms. The number of ether oxygens (including phenoxy) is 2. The third-order valence-electron chi connectivity index (χ3n) is 5.48. The molecule has 2 aliphatic rings. The molecule has 8 nitrogen and oxygen atoms in total. The number of fused-ring (bicyclic) bond motifs is 7. The summed E-state index contributed by atoms with van der Waals surface area (Å²) in [5.41, 5.74) is 2.87. The maximum Gasteiger partial charge on any atom is 0.138 e. The van der Waals surface area contributed by atoms with E-state index < -0.39 is 0 Å². The van der Waals surface area contributed by atoms with Gasteiger partial charge in [-0.1, -0.05) is 6.07 Å². The Morgan fingerprint density at radius 1 is 0.833 bits per heavy atom. The molecule has 2 unspecified atom stereocenters. The molecule has 30 heavy (non-hydrogen) atoms. The second-order valence-corrected chi connectivity index (χ2v) is 7.84. The lowest BCUT2D eigenvalue weighted by Gasteiger charge is -2.31. The van der Waals surface area contributed by atoms with Gasteiger partial charge in [-0.25, -0.2) is 0 Å². The largest absolute Gasteiger partial charge is 0.506 e. The molecule has 8 heteroatoms. The minimum atomic E-state index is 0.245. The zero-order chi connectivity index (χ0) is 20.6. The highest BCUT2D eigenvalue weighted by Gasteiger charge is 2.19. The standard InChI is InChI=1S/C22H31N5O3/c28-22-5-2-6-23-21(22)17-26-8-7-25-9-11-29-13-14-30-12-10-27(18-26)16-20-4-1-3-19(15-25)24-20/h1-6,28H,7-18H2. The van der Waals surface area contributed by atoms with E-state index in [4.69, 9.17) is 14.5 Å².